The Bertz CT molecular complexity index is 1030. The second-order valence-corrected chi connectivity index (χ2v) is 10.7. The van der Waals surface area contributed by atoms with Crippen LogP contribution in [0.15, 0.2) is 28.5 Å². The Hall–Kier alpha value is -1.81. The lowest BCUT2D eigenvalue weighted by atomic mass is 10.0. The van der Waals surface area contributed by atoms with Crippen molar-refractivity contribution in [3.63, 3.8) is 0 Å². The molecule has 7 nitrogen and oxygen atoms in total. The van der Waals surface area contributed by atoms with Crippen molar-refractivity contribution < 1.29 is 13.2 Å². The van der Waals surface area contributed by atoms with Crippen LogP contribution in [-0.2, 0) is 34.2 Å². The standard InChI is InChI=1S/C21H28N4O3S2/c1-3-21-22-18(15-29-21)14-23-9-11-24(12-10-23)30(27,28)19-6-7-20-17(13-19)5-4-8-25(20)16(2)26/h6-7,13,15H,3-5,8-12,14H2,1-2H3. The van der Waals surface area contributed by atoms with Gasteiger partial charge in [-0.3, -0.25) is 9.69 Å². The molecule has 0 N–H and O–H groups in total. The molecule has 30 heavy (non-hydrogen) atoms. The lowest BCUT2D eigenvalue weighted by molar-refractivity contribution is -0.116. The van der Waals surface area contributed by atoms with E-state index in [4.69, 9.17) is 0 Å². The lowest BCUT2D eigenvalue weighted by Gasteiger charge is -2.34. The largest absolute Gasteiger partial charge is 0.312 e. The predicted octanol–water partition coefficient (Wildman–Crippen LogP) is 2.51. The van der Waals surface area contributed by atoms with Crippen molar-refractivity contribution in [3.8, 4) is 0 Å². The fourth-order valence-corrected chi connectivity index (χ4v) is 6.36. The van der Waals surface area contributed by atoms with E-state index in [1.165, 1.54) is 0 Å². The van der Waals surface area contributed by atoms with Crippen LogP contribution in [0.3, 0.4) is 0 Å². The minimum Gasteiger partial charge on any atom is -0.312 e. The molecule has 1 fully saturated rings. The molecule has 0 saturated carbocycles. The van der Waals surface area contributed by atoms with Gasteiger partial charge in [0.15, 0.2) is 0 Å². The number of carbonyl (C=O) groups is 1. The molecule has 1 amide bonds. The predicted molar refractivity (Wildman–Crippen MR) is 118 cm³/mol. The van der Waals surface area contributed by atoms with E-state index in [2.05, 4.69) is 22.2 Å². The van der Waals surface area contributed by atoms with E-state index in [0.717, 1.165) is 47.8 Å². The molecule has 2 aliphatic heterocycles. The fourth-order valence-electron chi connectivity index (χ4n) is 4.15. The summed E-state index contributed by atoms with van der Waals surface area (Å²) in [7, 11) is -3.54. The van der Waals surface area contributed by atoms with Crippen LogP contribution in [0.4, 0.5) is 5.69 Å². The summed E-state index contributed by atoms with van der Waals surface area (Å²) in [5, 5.41) is 3.24. The van der Waals surface area contributed by atoms with Crippen molar-refractivity contribution in [2.45, 2.75) is 44.6 Å². The Kier molecular flexibility index (Phi) is 6.24. The number of fused-ring (bicyclic) bond motifs is 1. The van der Waals surface area contributed by atoms with Crippen LogP contribution in [0.1, 0.15) is 36.5 Å². The molecule has 4 rings (SSSR count). The molecular weight excluding hydrogens is 420 g/mol. The second-order valence-electron chi connectivity index (χ2n) is 7.83. The maximum absolute atomic E-state index is 13.2. The number of rotatable bonds is 5. The molecule has 3 heterocycles. The van der Waals surface area contributed by atoms with E-state index in [0.29, 0.717) is 37.6 Å². The van der Waals surface area contributed by atoms with Crippen molar-refractivity contribution in [1.29, 1.82) is 0 Å². The Balaban J connectivity index is 1.44. The SMILES string of the molecule is CCc1nc(CN2CCN(S(=O)(=O)c3ccc4c(c3)CCCN4C(C)=O)CC2)cs1. The topological polar surface area (TPSA) is 73.8 Å². The first-order chi connectivity index (χ1) is 14.4. The van der Waals surface area contributed by atoms with E-state index >= 15 is 0 Å². The zero-order chi connectivity index (χ0) is 21.3. The van der Waals surface area contributed by atoms with E-state index in [1.807, 2.05) is 0 Å². The van der Waals surface area contributed by atoms with Gasteiger partial charge in [-0.25, -0.2) is 13.4 Å². The summed E-state index contributed by atoms with van der Waals surface area (Å²) in [5.74, 6) is -0.00570. The number of amides is 1. The van der Waals surface area contributed by atoms with Gasteiger partial charge in [-0.2, -0.15) is 4.31 Å². The number of hydrogen-bond donors (Lipinski definition) is 0. The van der Waals surface area contributed by atoms with Gasteiger partial charge in [0.25, 0.3) is 0 Å². The number of anilines is 1. The van der Waals surface area contributed by atoms with Gasteiger partial charge in [0.2, 0.25) is 15.9 Å². The van der Waals surface area contributed by atoms with Crippen LogP contribution in [0.2, 0.25) is 0 Å². The highest BCUT2D eigenvalue weighted by Gasteiger charge is 2.30. The number of carbonyl (C=O) groups excluding carboxylic acids is 1. The van der Waals surface area contributed by atoms with E-state index < -0.39 is 10.0 Å². The first kappa shape index (κ1) is 21.4. The Labute approximate surface area is 182 Å². The van der Waals surface area contributed by atoms with Crippen LogP contribution < -0.4 is 4.90 Å². The molecule has 9 heteroatoms. The maximum atomic E-state index is 13.2. The monoisotopic (exact) mass is 448 g/mol. The number of sulfonamides is 1. The number of nitrogens with zero attached hydrogens (tertiary/aromatic N) is 4. The van der Waals surface area contributed by atoms with Crippen molar-refractivity contribution in [1.82, 2.24) is 14.2 Å². The molecule has 0 bridgehead atoms. The van der Waals surface area contributed by atoms with Gasteiger partial charge in [0.05, 0.1) is 15.6 Å². The van der Waals surface area contributed by atoms with Crippen LogP contribution in [0.5, 0.6) is 0 Å². The van der Waals surface area contributed by atoms with Gasteiger partial charge in [0, 0.05) is 57.3 Å². The maximum Gasteiger partial charge on any atom is 0.243 e. The van der Waals surface area contributed by atoms with Crippen LogP contribution in [-0.4, -0.2) is 61.2 Å². The quantitative estimate of drug-likeness (QED) is 0.703. The normalized spacial score (nSPS) is 18.4. The van der Waals surface area contributed by atoms with Crippen molar-refractivity contribution >= 4 is 33.0 Å². The number of aromatic nitrogens is 1. The van der Waals surface area contributed by atoms with E-state index in [-0.39, 0.29) is 5.91 Å². The molecule has 2 aliphatic rings. The minimum atomic E-state index is -3.54. The number of hydrogen-bond acceptors (Lipinski definition) is 6. The smallest absolute Gasteiger partial charge is 0.243 e. The van der Waals surface area contributed by atoms with E-state index in [1.54, 1.807) is 45.7 Å². The Morgan fingerprint density at radius 1 is 1.17 bits per heavy atom. The second kappa shape index (κ2) is 8.74. The summed E-state index contributed by atoms with van der Waals surface area (Å²) < 4.78 is 28.0. The van der Waals surface area contributed by atoms with Gasteiger partial charge in [-0.15, -0.1) is 11.3 Å². The van der Waals surface area contributed by atoms with Gasteiger partial charge in [0.1, 0.15) is 0 Å². The number of aryl methyl sites for hydroxylation is 2. The fraction of sp³-hybridized carbons (Fsp3) is 0.524. The average Bonchev–Trinajstić information content (AvgIpc) is 3.20. The van der Waals surface area contributed by atoms with Crippen molar-refractivity contribution in [3.05, 3.63) is 39.8 Å². The molecule has 0 spiro atoms. The van der Waals surface area contributed by atoms with Gasteiger partial charge in [-0.1, -0.05) is 6.92 Å². The van der Waals surface area contributed by atoms with Crippen LogP contribution in [0, 0.1) is 0 Å². The minimum absolute atomic E-state index is 0.00570. The molecule has 2 aromatic rings. The number of benzene rings is 1. The summed E-state index contributed by atoms with van der Waals surface area (Å²) in [6.45, 7) is 7.45. The summed E-state index contributed by atoms with van der Waals surface area (Å²) in [6.07, 6.45) is 2.59. The lowest BCUT2D eigenvalue weighted by Crippen LogP contribution is -2.48. The highest BCUT2D eigenvalue weighted by atomic mass is 32.2. The molecule has 162 valence electrons. The first-order valence-electron chi connectivity index (χ1n) is 10.5. The van der Waals surface area contributed by atoms with Crippen molar-refractivity contribution in [2.75, 3.05) is 37.6 Å². The van der Waals surface area contributed by atoms with Gasteiger partial charge in [-0.05, 0) is 43.0 Å². The first-order valence-corrected chi connectivity index (χ1v) is 12.8. The van der Waals surface area contributed by atoms with Gasteiger partial charge < -0.3 is 4.90 Å². The molecular formula is C21H28N4O3S2. The third-order valence-corrected chi connectivity index (χ3v) is 8.74. The van der Waals surface area contributed by atoms with Gasteiger partial charge >= 0.3 is 0 Å². The van der Waals surface area contributed by atoms with Crippen LogP contribution in [0.25, 0.3) is 0 Å². The molecule has 1 aromatic carbocycles. The van der Waals surface area contributed by atoms with E-state index in [9.17, 15) is 13.2 Å². The Morgan fingerprint density at radius 3 is 2.60 bits per heavy atom. The van der Waals surface area contributed by atoms with Crippen molar-refractivity contribution in [2.24, 2.45) is 0 Å². The molecule has 0 unspecified atom stereocenters. The third-order valence-electron chi connectivity index (χ3n) is 5.81. The Morgan fingerprint density at radius 2 is 1.93 bits per heavy atom. The molecule has 1 aromatic heterocycles. The van der Waals surface area contributed by atoms with Crippen LogP contribution >= 0.6 is 11.3 Å². The number of thiazole rings is 1. The molecule has 0 atom stereocenters. The zero-order valence-corrected chi connectivity index (χ0v) is 19.1. The average molecular weight is 449 g/mol. The highest BCUT2D eigenvalue weighted by molar-refractivity contribution is 7.89. The third kappa shape index (κ3) is 4.30. The summed E-state index contributed by atoms with van der Waals surface area (Å²) >= 11 is 1.68. The molecule has 0 radical (unpaired) electrons. The summed E-state index contributed by atoms with van der Waals surface area (Å²) in [6, 6.07) is 5.18. The summed E-state index contributed by atoms with van der Waals surface area (Å²) in [5.41, 5.74) is 2.84. The highest BCUT2D eigenvalue weighted by Crippen LogP contribution is 2.30. The molecule has 0 aliphatic carbocycles. The zero-order valence-electron chi connectivity index (χ0n) is 17.5. The molecule has 1 saturated heterocycles. The number of piperazine rings is 1. The summed E-state index contributed by atoms with van der Waals surface area (Å²) in [4.78, 5) is 20.8.